The maximum atomic E-state index is 11.7. The van der Waals surface area contributed by atoms with E-state index in [1.807, 2.05) is 6.92 Å². The molecule has 29 heavy (non-hydrogen) atoms. The number of nitrogens with zero attached hydrogens (tertiary/aromatic N) is 3. The topological polar surface area (TPSA) is 138 Å². The Bertz CT molecular complexity index is 1170. The second-order valence-electron chi connectivity index (χ2n) is 6.31. The van der Waals surface area contributed by atoms with Gasteiger partial charge < -0.3 is 10.6 Å². The SMILES string of the molecule is CCNC(=O)Nc1ccc2ncc(Nc3ccc(C)c(NS(C)(=O)=O)c3)nc2n1. The zero-order chi connectivity index (χ0) is 21.0. The maximum absolute atomic E-state index is 11.7. The Morgan fingerprint density at radius 2 is 1.86 bits per heavy atom. The summed E-state index contributed by atoms with van der Waals surface area (Å²) in [5.41, 5.74) is 2.81. The summed E-state index contributed by atoms with van der Waals surface area (Å²) in [4.78, 5) is 24.7. The second-order valence-corrected chi connectivity index (χ2v) is 8.06. The Morgan fingerprint density at radius 1 is 1.10 bits per heavy atom. The van der Waals surface area contributed by atoms with Crippen LogP contribution in [-0.2, 0) is 10.0 Å². The van der Waals surface area contributed by atoms with E-state index in [-0.39, 0.29) is 6.03 Å². The molecule has 152 valence electrons. The van der Waals surface area contributed by atoms with Gasteiger partial charge in [0.2, 0.25) is 10.0 Å². The molecule has 3 aromatic rings. The van der Waals surface area contributed by atoms with Crippen molar-refractivity contribution in [2.75, 3.05) is 28.2 Å². The molecule has 4 N–H and O–H groups in total. The highest BCUT2D eigenvalue weighted by molar-refractivity contribution is 7.92. The van der Waals surface area contributed by atoms with Gasteiger partial charge in [-0.2, -0.15) is 0 Å². The van der Waals surface area contributed by atoms with Gasteiger partial charge in [-0.25, -0.2) is 28.2 Å². The molecule has 0 fully saturated rings. The highest BCUT2D eigenvalue weighted by Crippen LogP contribution is 2.24. The molecule has 0 unspecified atom stereocenters. The minimum atomic E-state index is -3.39. The molecule has 2 heterocycles. The smallest absolute Gasteiger partial charge is 0.320 e. The molecule has 0 saturated carbocycles. The lowest BCUT2D eigenvalue weighted by atomic mass is 10.2. The molecule has 10 nitrogen and oxygen atoms in total. The average Bonchev–Trinajstić information content (AvgIpc) is 2.63. The van der Waals surface area contributed by atoms with Gasteiger partial charge in [0, 0.05) is 12.2 Å². The minimum Gasteiger partial charge on any atom is -0.339 e. The van der Waals surface area contributed by atoms with E-state index in [4.69, 9.17) is 0 Å². The number of benzene rings is 1. The van der Waals surface area contributed by atoms with Crippen molar-refractivity contribution in [2.24, 2.45) is 0 Å². The molecule has 0 aliphatic heterocycles. The van der Waals surface area contributed by atoms with Crippen molar-refractivity contribution in [1.82, 2.24) is 20.3 Å². The van der Waals surface area contributed by atoms with Crippen LogP contribution in [0, 0.1) is 6.92 Å². The quantitative estimate of drug-likeness (QED) is 0.485. The van der Waals surface area contributed by atoms with Crippen molar-refractivity contribution in [1.29, 1.82) is 0 Å². The maximum Gasteiger partial charge on any atom is 0.320 e. The minimum absolute atomic E-state index is 0.352. The fraction of sp³-hybridized carbons (Fsp3) is 0.222. The normalized spacial score (nSPS) is 11.1. The number of carbonyl (C=O) groups excluding carboxylic acids is 1. The lowest BCUT2D eigenvalue weighted by Gasteiger charge is -2.11. The predicted octanol–water partition coefficient (Wildman–Crippen LogP) is 2.59. The van der Waals surface area contributed by atoms with Crippen LogP contribution < -0.4 is 20.7 Å². The van der Waals surface area contributed by atoms with Crippen LogP contribution in [0.2, 0.25) is 0 Å². The van der Waals surface area contributed by atoms with E-state index in [0.29, 0.717) is 40.7 Å². The van der Waals surface area contributed by atoms with Crippen LogP contribution in [0.1, 0.15) is 12.5 Å². The van der Waals surface area contributed by atoms with Crippen molar-refractivity contribution in [3.63, 3.8) is 0 Å². The van der Waals surface area contributed by atoms with Crippen molar-refractivity contribution in [3.8, 4) is 0 Å². The molecule has 0 radical (unpaired) electrons. The first-order valence-corrected chi connectivity index (χ1v) is 10.7. The molecule has 2 amide bonds. The summed E-state index contributed by atoms with van der Waals surface area (Å²) in [5, 5.41) is 8.33. The van der Waals surface area contributed by atoms with Crippen molar-refractivity contribution in [3.05, 3.63) is 42.1 Å². The summed E-state index contributed by atoms with van der Waals surface area (Å²) in [7, 11) is -3.39. The summed E-state index contributed by atoms with van der Waals surface area (Å²) >= 11 is 0. The summed E-state index contributed by atoms with van der Waals surface area (Å²) in [6.45, 7) is 4.12. The molecule has 0 saturated heterocycles. The Morgan fingerprint density at radius 3 is 2.59 bits per heavy atom. The van der Waals surface area contributed by atoms with E-state index in [0.717, 1.165) is 11.8 Å². The van der Waals surface area contributed by atoms with Crippen molar-refractivity contribution in [2.45, 2.75) is 13.8 Å². The monoisotopic (exact) mass is 415 g/mol. The molecule has 0 aliphatic rings. The third kappa shape index (κ3) is 5.51. The molecule has 0 bridgehead atoms. The van der Waals surface area contributed by atoms with Crippen LogP contribution >= 0.6 is 0 Å². The van der Waals surface area contributed by atoms with E-state index >= 15 is 0 Å². The number of aryl methyl sites for hydroxylation is 1. The van der Waals surface area contributed by atoms with Crippen LogP contribution in [-0.4, -0.2) is 42.2 Å². The number of amides is 2. The van der Waals surface area contributed by atoms with Gasteiger partial charge in [-0.3, -0.25) is 10.0 Å². The number of nitrogens with one attached hydrogen (secondary N) is 4. The molecule has 11 heteroatoms. The van der Waals surface area contributed by atoms with E-state index < -0.39 is 10.0 Å². The number of anilines is 4. The molecule has 0 atom stereocenters. The highest BCUT2D eigenvalue weighted by atomic mass is 32.2. The Kier molecular flexibility index (Phi) is 5.78. The fourth-order valence-electron chi connectivity index (χ4n) is 2.51. The fourth-order valence-corrected chi connectivity index (χ4v) is 3.13. The van der Waals surface area contributed by atoms with Gasteiger partial charge in [-0.15, -0.1) is 0 Å². The largest absolute Gasteiger partial charge is 0.339 e. The molecule has 0 aliphatic carbocycles. The Hall–Kier alpha value is -3.47. The number of hydrogen-bond donors (Lipinski definition) is 4. The lowest BCUT2D eigenvalue weighted by Crippen LogP contribution is -2.28. The molecular weight excluding hydrogens is 394 g/mol. The highest BCUT2D eigenvalue weighted by Gasteiger charge is 2.09. The van der Waals surface area contributed by atoms with E-state index in [1.54, 1.807) is 43.5 Å². The van der Waals surface area contributed by atoms with Crippen LogP contribution in [0.3, 0.4) is 0 Å². The van der Waals surface area contributed by atoms with Crippen molar-refractivity contribution >= 4 is 50.2 Å². The molecule has 3 rings (SSSR count). The first-order chi connectivity index (χ1) is 13.7. The number of sulfonamides is 1. The number of hydrogen-bond acceptors (Lipinski definition) is 7. The summed E-state index contributed by atoms with van der Waals surface area (Å²) in [6.07, 6.45) is 2.64. The number of aromatic nitrogens is 3. The number of rotatable bonds is 6. The first kappa shape index (κ1) is 20.3. The number of pyridine rings is 1. The van der Waals surface area contributed by atoms with Crippen LogP contribution in [0.5, 0.6) is 0 Å². The van der Waals surface area contributed by atoms with Gasteiger partial charge in [-0.05, 0) is 43.7 Å². The van der Waals surface area contributed by atoms with Gasteiger partial charge in [0.25, 0.3) is 0 Å². The second kappa shape index (κ2) is 8.27. The molecule has 0 spiro atoms. The van der Waals surface area contributed by atoms with Gasteiger partial charge in [-0.1, -0.05) is 6.07 Å². The van der Waals surface area contributed by atoms with Crippen LogP contribution in [0.25, 0.3) is 11.2 Å². The van der Waals surface area contributed by atoms with Gasteiger partial charge in [0.05, 0.1) is 18.1 Å². The van der Waals surface area contributed by atoms with Gasteiger partial charge >= 0.3 is 6.03 Å². The number of fused-ring (bicyclic) bond motifs is 1. The first-order valence-electron chi connectivity index (χ1n) is 8.77. The summed E-state index contributed by atoms with van der Waals surface area (Å²) in [6, 6.07) is 8.25. The molecular formula is C18H21N7O3S. The lowest BCUT2D eigenvalue weighted by molar-refractivity contribution is 0.252. The zero-order valence-corrected chi connectivity index (χ0v) is 17.0. The van der Waals surface area contributed by atoms with E-state index in [9.17, 15) is 13.2 Å². The Balaban J connectivity index is 1.85. The molecule has 2 aromatic heterocycles. The third-order valence-electron chi connectivity index (χ3n) is 3.79. The predicted molar refractivity (Wildman–Crippen MR) is 113 cm³/mol. The average molecular weight is 415 g/mol. The number of carbonyl (C=O) groups is 1. The van der Waals surface area contributed by atoms with Gasteiger partial charge in [0.1, 0.15) is 11.3 Å². The van der Waals surface area contributed by atoms with E-state index in [1.165, 1.54) is 0 Å². The molecule has 1 aromatic carbocycles. The third-order valence-corrected chi connectivity index (χ3v) is 4.38. The summed E-state index contributed by atoms with van der Waals surface area (Å²) in [5.74, 6) is 0.777. The number of urea groups is 1. The Labute approximate surface area is 168 Å². The van der Waals surface area contributed by atoms with Crippen molar-refractivity contribution < 1.29 is 13.2 Å². The van der Waals surface area contributed by atoms with Crippen LogP contribution in [0.4, 0.5) is 27.8 Å². The summed E-state index contributed by atoms with van der Waals surface area (Å²) < 4.78 is 25.5. The standard InChI is InChI=1S/C18H21N7O3S/c1-4-19-18(26)24-15-8-7-13-17(22-15)23-16(10-20-13)21-12-6-5-11(2)14(9-12)25-29(3,27)28/h5-10,25H,4H2,1-3H3,(H3,19,21,22,23,24,26). The zero-order valence-electron chi connectivity index (χ0n) is 16.1. The van der Waals surface area contributed by atoms with Crippen LogP contribution in [0.15, 0.2) is 36.5 Å². The van der Waals surface area contributed by atoms with Gasteiger partial charge in [0.15, 0.2) is 11.5 Å². The van der Waals surface area contributed by atoms with E-state index in [2.05, 4.69) is 35.6 Å².